The Balaban J connectivity index is 1.89. The molecule has 2 aliphatic rings. The Hall–Kier alpha value is -0.650. The average molecular weight is 297 g/mol. The van der Waals surface area contributed by atoms with E-state index in [1.165, 1.54) is 12.8 Å². The van der Waals surface area contributed by atoms with Gasteiger partial charge in [0.05, 0.1) is 12.6 Å². The van der Waals surface area contributed by atoms with Crippen LogP contribution in [-0.2, 0) is 4.79 Å². The number of carbonyl (C=O) groups is 1. The molecule has 2 rings (SSSR count). The predicted octanol–water partition coefficient (Wildman–Crippen LogP) is 0.633. The first-order valence-electron chi connectivity index (χ1n) is 8.26. The first-order valence-corrected chi connectivity index (χ1v) is 8.26. The minimum atomic E-state index is -0.0548. The topological polar surface area (TPSA) is 47.0 Å². The summed E-state index contributed by atoms with van der Waals surface area (Å²) in [6.45, 7) is 6.90. The summed E-state index contributed by atoms with van der Waals surface area (Å²) < 4.78 is 0. The number of carbonyl (C=O) groups excluding carboxylic acids is 1. The molecule has 0 aromatic carbocycles. The third-order valence-electron chi connectivity index (χ3n) is 5.39. The van der Waals surface area contributed by atoms with Crippen LogP contribution in [0, 0.1) is 5.41 Å². The van der Waals surface area contributed by atoms with E-state index in [4.69, 9.17) is 0 Å². The lowest BCUT2D eigenvalue weighted by molar-refractivity contribution is -0.137. The lowest BCUT2D eigenvalue weighted by Crippen LogP contribution is -2.54. The maximum atomic E-state index is 12.7. The largest absolute Gasteiger partial charge is 0.396 e. The van der Waals surface area contributed by atoms with Gasteiger partial charge in [0.2, 0.25) is 5.91 Å². The molecule has 0 unspecified atom stereocenters. The lowest BCUT2D eigenvalue weighted by atomic mass is 9.86. The fourth-order valence-electron chi connectivity index (χ4n) is 3.76. The number of amides is 1. The zero-order chi connectivity index (χ0) is 15.5. The van der Waals surface area contributed by atoms with Crippen molar-refractivity contribution in [3.05, 3.63) is 0 Å². The summed E-state index contributed by atoms with van der Waals surface area (Å²) in [5, 5.41) is 9.71. The van der Waals surface area contributed by atoms with Gasteiger partial charge in [-0.25, -0.2) is 0 Å². The highest BCUT2D eigenvalue weighted by Crippen LogP contribution is 2.38. The van der Waals surface area contributed by atoms with Crippen LogP contribution < -0.4 is 0 Å². The summed E-state index contributed by atoms with van der Waals surface area (Å²) in [6, 6.07) is -0.0548. The van der Waals surface area contributed by atoms with Crippen LogP contribution in [-0.4, -0.2) is 85.2 Å². The van der Waals surface area contributed by atoms with Crippen LogP contribution in [0.25, 0.3) is 0 Å². The highest BCUT2D eigenvalue weighted by molar-refractivity contribution is 5.81. The average Bonchev–Trinajstić information content (AvgIpc) is 2.95. The zero-order valence-corrected chi connectivity index (χ0v) is 13.8. The molecule has 1 amide bonds. The molecule has 5 heteroatoms. The molecule has 1 saturated carbocycles. The van der Waals surface area contributed by atoms with Crippen molar-refractivity contribution in [1.29, 1.82) is 0 Å². The van der Waals surface area contributed by atoms with E-state index in [2.05, 4.69) is 16.8 Å². The van der Waals surface area contributed by atoms with Crippen molar-refractivity contribution >= 4 is 5.91 Å². The van der Waals surface area contributed by atoms with Crippen LogP contribution in [0.1, 0.15) is 32.6 Å². The number of hydrogen-bond donors (Lipinski definition) is 1. The maximum Gasteiger partial charge on any atom is 0.239 e. The minimum absolute atomic E-state index is 0.0494. The van der Waals surface area contributed by atoms with E-state index in [0.717, 1.165) is 39.0 Å². The molecule has 0 radical (unpaired) electrons. The van der Waals surface area contributed by atoms with E-state index in [1.54, 1.807) is 0 Å². The second-order valence-corrected chi connectivity index (χ2v) is 7.07. The van der Waals surface area contributed by atoms with Gasteiger partial charge in [0.25, 0.3) is 0 Å². The summed E-state index contributed by atoms with van der Waals surface area (Å²) in [5.41, 5.74) is -0.0494. The van der Waals surface area contributed by atoms with E-state index in [-0.39, 0.29) is 24.0 Å². The van der Waals surface area contributed by atoms with Crippen molar-refractivity contribution in [3.63, 3.8) is 0 Å². The third kappa shape index (κ3) is 3.96. The van der Waals surface area contributed by atoms with Gasteiger partial charge in [0.15, 0.2) is 0 Å². The summed E-state index contributed by atoms with van der Waals surface area (Å²) in [7, 11) is 4.02. The normalized spacial score (nSPS) is 25.0. The third-order valence-corrected chi connectivity index (χ3v) is 5.39. The Kier molecular flexibility index (Phi) is 5.63. The number of likely N-dealkylation sites (N-methyl/N-ethyl adjacent to an activating group) is 2. The van der Waals surface area contributed by atoms with Gasteiger partial charge in [-0.2, -0.15) is 0 Å². The van der Waals surface area contributed by atoms with Gasteiger partial charge in [0, 0.05) is 45.2 Å². The smallest absolute Gasteiger partial charge is 0.239 e. The van der Waals surface area contributed by atoms with Gasteiger partial charge < -0.3 is 14.9 Å². The molecular weight excluding hydrogens is 266 g/mol. The number of nitrogens with zero attached hydrogens (tertiary/aromatic N) is 3. The number of rotatable bonds is 5. The van der Waals surface area contributed by atoms with E-state index < -0.39 is 0 Å². The standard InChI is InChI=1S/C16H31N3O2/c1-14(19-10-8-17(2)9-11-19)15(21)18(3)12-16(13-20)6-4-5-7-16/h14,20H,4-13H2,1-3H3/t14-/m1/s1. The molecule has 0 aromatic heterocycles. The van der Waals surface area contributed by atoms with Crippen LogP contribution in [0.2, 0.25) is 0 Å². The van der Waals surface area contributed by atoms with E-state index in [0.29, 0.717) is 6.54 Å². The maximum absolute atomic E-state index is 12.7. The fraction of sp³-hybridized carbons (Fsp3) is 0.938. The highest BCUT2D eigenvalue weighted by Gasteiger charge is 2.36. The second-order valence-electron chi connectivity index (χ2n) is 7.07. The summed E-state index contributed by atoms with van der Waals surface area (Å²) in [6.07, 6.45) is 4.45. The molecule has 0 bridgehead atoms. The Morgan fingerprint density at radius 3 is 2.33 bits per heavy atom. The van der Waals surface area contributed by atoms with Gasteiger partial charge in [-0.3, -0.25) is 9.69 Å². The van der Waals surface area contributed by atoms with Gasteiger partial charge in [-0.05, 0) is 26.8 Å². The molecule has 1 aliphatic heterocycles. The molecule has 1 aliphatic carbocycles. The fourth-order valence-corrected chi connectivity index (χ4v) is 3.76. The van der Waals surface area contributed by atoms with Crippen molar-refractivity contribution in [2.24, 2.45) is 5.41 Å². The first-order chi connectivity index (χ1) is 9.97. The molecule has 2 fully saturated rings. The number of aliphatic hydroxyl groups is 1. The van der Waals surface area contributed by atoms with Crippen LogP contribution in [0.5, 0.6) is 0 Å². The van der Waals surface area contributed by atoms with E-state index >= 15 is 0 Å². The van der Waals surface area contributed by atoms with Crippen LogP contribution in [0.4, 0.5) is 0 Å². The quantitative estimate of drug-likeness (QED) is 0.809. The zero-order valence-electron chi connectivity index (χ0n) is 13.8. The van der Waals surface area contributed by atoms with Gasteiger partial charge >= 0.3 is 0 Å². The highest BCUT2D eigenvalue weighted by atomic mass is 16.3. The second kappa shape index (κ2) is 7.07. The molecule has 122 valence electrons. The molecule has 21 heavy (non-hydrogen) atoms. The van der Waals surface area contributed by atoms with Crippen molar-refractivity contribution in [2.45, 2.75) is 38.6 Å². The lowest BCUT2D eigenvalue weighted by Gasteiger charge is -2.38. The first kappa shape index (κ1) is 16.7. The van der Waals surface area contributed by atoms with Crippen LogP contribution in [0.3, 0.4) is 0 Å². The van der Waals surface area contributed by atoms with Crippen LogP contribution in [0.15, 0.2) is 0 Å². The van der Waals surface area contributed by atoms with E-state index in [9.17, 15) is 9.90 Å². The molecule has 1 atom stereocenters. The Morgan fingerprint density at radius 1 is 1.24 bits per heavy atom. The van der Waals surface area contributed by atoms with Gasteiger partial charge in [-0.1, -0.05) is 12.8 Å². The van der Waals surface area contributed by atoms with Crippen LogP contribution >= 0.6 is 0 Å². The molecule has 0 aromatic rings. The molecule has 1 heterocycles. The molecule has 1 saturated heterocycles. The summed E-state index contributed by atoms with van der Waals surface area (Å²) in [4.78, 5) is 19.1. The molecule has 0 spiro atoms. The molecular formula is C16H31N3O2. The number of aliphatic hydroxyl groups excluding tert-OH is 1. The monoisotopic (exact) mass is 297 g/mol. The van der Waals surface area contributed by atoms with Crippen molar-refractivity contribution in [3.8, 4) is 0 Å². The Morgan fingerprint density at radius 2 is 1.81 bits per heavy atom. The Bertz CT molecular complexity index is 347. The van der Waals surface area contributed by atoms with E-state index in [1.807, 2.05) is 18.9 Å². The summed E-state index contributed by atoms with van der Waals surface area (Å²) >= 11 is 0. The molecule has 1 N–H and O–H groups in total. The van der Waals surface area contributed by atoms with Crippen molar-refractivity contribution < 1.29 is 9.90 Å². The SMILES string of the molecule is C[C@H](C(=O)N(C)CC1(CO)CCCC1)N1CCN(C)CC1. The van der Waals surface area contributed by atoms with Crippen molar-refractivity contribution in [1.82, 2.24) is 14.7 Å². The van der Waals surface area contributed by atoms with Crippen molar-refractivity contribution in [2.75, 3.05) is 53.4 Å². The minimum Gasteiger partial charge on any atom is -0.396 e. The predicted molar refractivity (Wildman–Crippen MR) is 84.2 cm³/mol. The summed E-state index contributed by atoms with van der Waals surface area (Å²) in [5.74, 6) is 0.194. The number of hydrogen-bond acceptors (Lipinski definition) is 4. The number of piperazine rings is 1. The van der Waals surface area contributed by atoms with Gasteiger partial charge in [-0.15, -0.1) is 0 Å². The molecule has 5 nitrogen and oxygen atoms in total. The Labute approximate surface area is 128 Å². The van der Waals surface area contributed by atoms with Gasteiger partial charge in [0.1, 0.15) is 0 Å².